The van der Waals surface area contributed by atoms with E-state index < -0.39 is 0 Å². The fourth-order valence-electron chi connectivity index (χ4n) is 4.69. The topological polar surface area (TPSA) is 98.2 Å². The largest absolute Gasteiger partial charge is 0.352 e. The highest BCUT2D eigenvalue weighted by atomic mass is 16.1. The highest BCUT2D eigenvalue weighted by Crippen LogP contribution is 2.39. The molecule has 2 bridgehead atoms. The third kappa shape index (κ3) is 3.25. The molecule has 3 N–H and O–H groups in total. The summed E-state index contributed by atoms with van der Waals surface area (Å²) in [7, 11) is 0. The number of carbonyl (C=O) groups excluding carboxylic acids is 1. The molecule has 0 spiro atoms. The van der Waals surface area contributed by atoms with Gasteiger partial charge in [-0.25, -0.2) is 9.50 Å². The Hall–Kier alpha value is -2.02. The highest BCUT2D eigenvalue weighted by molar-refractivity contribution is 5.78. The number of fused-ring (bicyclic) bond motifs is 3. The number of carbonyl (C=O) groups is 1. The molecule has 2 aliphatic rings. The van der Waals surface area contributed by atoms with Crippen molar-refractivity contribution in [2.75, 3.05) is 0 Å². The minimum absolute atomic E-state index is 0.00246. The zero-order valence-electron chi connectivity index (χ0n) is 14.9. The molecular formula is C18H26N6O. The third-order valence-corrected chi connectivity index (χ3v) is 5.69. The van der Waals surface area contributed by atoms with Crippen molar-refractivity contribution in [2.45, 2.75) is 64.5 Å². The van der Waals surface area contributed by atoms with Crippen LogP contribution in [0.5, 0.6) is 0 Å². The molecule has 0 saturated heterocycles. The Morgan fingerprint density at radius 1 is 1.28 bits per heavy atom. The zero-order valence-corrected chi connectivity index (χ0v) is 14.9. The van der Waals surface area contributed by atoms with Crippen LogP contribution < -0.4 is 11.1 Å². The molecule has 2 saturated carbocycles. The van der Waals surface area contributed by atoms with Crippen LogP contribution in [0.4, 0.5) is 0 Å². The first-order valence-corrected chi connectivity index (χ1v) is 9.24. The lowest BCUT2D eigenvalue weighted by molar-refractivity contribution is -0.122. The summed E-state index contributed by atoms with van der Waals surface area (Å²) >= 11 is 0. The number of nitrogens with one attached hydrogen (secondary N) is 1. The summed E-state index contributed by atoms with van der Waals surface area (Å²) in [6.45, 7) is 3.90. The fourth-order valence-corrected chi connectivity index (χ4v) is 4.69. The maximum atomic E-state index is 12.6. The molecule has 2 unspecified atom stereocenters. The van der Waals surface area contributed by atoms with Crippen LogP contribution in [0.1, 0.15) is 49.3 Å². The molecule has 134 valence electrons. The lowest BCUT2D eigenvalue weighted by Gasteiger charge is -2.45. The maximum Gasteiger partial charge on any atom is 0.252 e. The van der Waals surface area contributed by atoms with E-state index in [9.17, 15) is 4.79 Å². The van der Waals surface area contributed by atoms with E-state index >= 15 is 0 Å². The van der Waals surface area contributed by atoms with Crippen LogP contribution in [-0.4, -0.2) is 37.6 Å². The van der Waals surface area contributed by atoms with Gasteiger partial charge in [0.05, 0.1) is 6.42 Å². The smallest absolute Gasteiger partial charge is 0.252 e. The van der Waals surface area contributed by atoms with Gasteiger partial charge in [-0.3, -0.25) is 4.79 Å². The van der Waals surface area contributed by atoms with Gasteiger partial charge in [0.2, 0.25) is 5.91 Å². The Bertz CT molecular complexity index is 786. The molecule has 1 amide bonds. The summed E-state index contributed by atoms with van der Waals surface area (Å²) < 4.78 is 1.70. The molecule has 0 aliphatic heterocycles. The number of hydrogen-bond acceptors (Lipinski definition) is 5. The number of nitrogens with zero attached hydrogens (tertiary/aromatic N) is 4. The van der Waals surface area contributed by atoms with Gasteiger partial charge in [0.1, 0.15) is 0 Å². The van der Waals surface area contributed by atoms with Gasteiger partial charge in [-0.15, -0.1) is 5.10 Å². The normalized spacial score (nSPS) is 28.9. The lowest BCUT2D eigenvalue weighted by Crippen LogP contribution is -2.54. The zero-order chi connectivity index (χ0) is 17.6. The SMILES string of the molecule is Cc1cc(C)n2nc(CC(=O)NC3C4CCCC3CC(N)C4)nc2n1. The maximum absolute atomic E-state index is 12.6. The van der Waals surface area contributed by atoms with Gasteiger partial charge >= 0.3 is 0 Å². The van der Waals surface area contributed by atoms with Crippen LogP contribution in [0, 0.1) is 25.7 Å². The van der Waals surface area contributed by atoms with Crippen molar-refractivity contribution in [1.82, 2.24) is 24.9 Å². The van der Waals surface area contributed by atoms with Gasteiger partial charge in [0.15, 0.2) is 5.82 Å². The number of nitrogens with two attached hydrogens (primary N) is 1. The van der Waals surface area contributed by atoms with Crippen LogP contribution in [0.3, 0.4) is 0 Å². The molecule has 7 nitrogen and oxygen atoms in total. The predicted octanol–water partition coefficient (Wildman–Crippen LogP) is 1.31. The molecule has 4 rings (SSSR count). The van der Waals surface area contributed by atoms with E-state index in [-0.39, 0.29) is 18.4 Å². The first kappa shape index (κ1) is 16.4. The Labute approximate surface area is 147 Å². The Balaban J connectivity index is 1.46. The number of aromatic nitrogens is 4. The van der Waals surface area contributed by atoms with Crippen molar-refractivity contribution in [1.29, 1.82) is 0 Å². The second kappa shape index (κ2) is 6.37. The minimum atomic E-state index is 0.00246. The van der Waals surface area contributed by atoms with E-state index in [4.69, 9.17) is 5.73 Å². The van der Waals surface area contributed by atoms with Gasteiger partial charge in [0.25, 0.3) is 5.78 Å². The summed E-state index contributed by atoms with van der Waals surface area (Å²) in [6.07, 6.45) is 5.85. The van der Waals surface area contributed by atoms with Gasteiger partial charge < -0.3 is 11.1 Å². The molecular weight excluding hydrogens is 316 g/mol. The van der Waals surface area contributed by atoms with Crippen LogP contribution in [0.25, 0.3) is 5.78 Å². The van der Waals surface area contributed by atoms with E-state index in [0.717, 1.165) is 24.2 Å². The summed E-state index contributed by atoms with van der Waals surface area (Å²) in [6, 6.07) is 2.51. The number of amides is 1. The molecule has 2 heterocycles. The van der Waals surface area contributed by atoms with Crippen LogP contribution in [0.15, 0.2) is 6.07 Å². The van der Waals surface area contributed by atoms with Crippen molar-refractivity contribution in [3.05, 3.63) is 23.3 Å². The van der Waals surface area contributed by atoms with Crippen molar-refractivity contribution >= 4 is 11.7 Å². The van der Waals surface area contributed by atoms with Crippen molar-refractivity contribution in [2.24, 2.45) is 17.6 Å². The summed E-state index contributed by atoms with van der Waals surface area (Å²) in [5, 5.41) is 7.69. The molecule has 2 aliphatic carbocycles. The highest BCUT2D eigenvalue weighted by Gasteiger charge is 2.39. The Kier molecular flexibility index (Phi) is 4.19. The van der Waals surface area contributed by atoms with E-state index in [1.54, 1.807) is 4.52 Å². The number of hydrogen-bond donors (Lipinski definition) is 2. The number of rotatable bonds is 3. The van der Waals surface area contributed by atoms with Crippen molar-refractivity contribution in [3.63, 3.8) is 0 Å². The molecule has 2 fully saturated rings. The van der Waals surface area contributed by atoms with E-state index in [1.165, 1.54) is 19.3 Å². The predicted molar refractivity (Wildman–Crippen MR) is 93.9 cm³/mol. The average molecular weight is 342 g/mol. The minimum Gasteiger partial charge on any atom is -0.352 e. The standard InChI is InChI=1S/C18H26N6O/c1-10-6-11(2)24-18(20-10)21-15(23-24)9-16(25)22-17-12-4-3-5-13(17)8-14(19)7-12/h6,12-14,17H,3-5,7-9,19H2,1-2H3,(H,22,25). The monoisotopic (exact) mass is 342 g/mol. The molecule has 0 radical (unpaired) electrons. The molecule has 7 heteroatoms. The molecule has 25 heavy (non-hydrogen) atoms. The van der Waals surface area contributed by atoms with E-state index in [2.05, 4.69) is 20.4 Å². The lowest BCUT2D eigenvalue weighted by atomic mass is 9.67. The first-order valence-electron chi connectivity index (χ1n) is 9.24. The van der Waals surface area contributed by atoms with Crippen molar-refractivity contribution in [3.8, 4) is 0 Å². The van der Waals surface area contributed by atoms with Crippen LogP contribution in [0.2, 0.25) is 0 Å². The fraction of sp³-hybridized carbons (Fsp3) is 0.667. The average Bonchev–Trinajstić information content (AvgIpc) is 2.90. The summed E-state index contributed by atoms with van der Waals surface area (Å²) in [5.41, 5.74) is 8.04. The molecule has 0 aromatic carbocycles. The van der Waals surface area contributed by atoms with E-state index in [1.807, 2.05) is 19.9 Å². The third-order valence-electron chi connectivity index (χ3n) is 5.69. The van der Waals surface area contributed by atoms with Crippen molar-refractivity contribution < 1.29 is 4.79 Å². The van der Waals surface area contributed by atoms with Crippen LogP contribution in [-0.2, 0) is 11.2 Å². The summed E-state index contributed by atoms with van der Waals surface area (Å²) in [4.78, 5) is 21.4. The molecule has 2 atom stereocenters. The number of aryl methyl sites for hydroxylation is 2. The Morgan fingerprint density at radius 2 is 2.00 bits per heavy atom. The van der Waals surface area contributed by atoms with Gasteiger partial charge in [-0.05, 0) is 57.4 Å². The first-order chi connectivity index (χ1) is 12.0. The van der Waals surface area contributed by atoms with E-state index in [0.29, 0.717) is 29.5 Å². The molecule has 2 aromatic rings. The quantitative estimate of drug-likeness (QED) is 0.876. The van der Waals surface area contributed by atoms with Gasteiger partial charge in [-0.1, -0.05) is 6.42 Å². The molecule has 2 aromatic heterocycles. The second-order valence-electron chi connectivity index (χ2n) is 7.73. The van der Waals surface area contributed by atoms with Gasteiger partial charge in [0, 0.05) is 23.5 Å². The Morgan fingerprint density at radius 3 is 2.72 bits per heavy atom. The second-order valence-corrected chi connectivity index (χ2v) is 7.73. The summed E-state index contributed by atoms with van der Waals surface area (Å²) in [5.74, 6) is 2.12. The van der Waals surface area contributed by atoms with Crippen LogP contribution >= 0.6 is 0 Å². The van der Waals surface area contributed by atoms with Gasteiger partial charge in [-0.2, -0.15) is 4.98 Å².